The van der Waals surface area contributed by atoms with Gasteiger partial charge in [-0.1, -0.05) is 23.9 Å². The van der Waals surface area contributed by atoms with Gasteiger partial charge in [-0.3, -0.25) is 4.79 Å². The number of aliphatic hydroxyl groups is 2. The van der Waals surface area contributed by atoms with Crippen molar-refractivity contribution < 1.29 is 24.5 Å². The van der Waals surface area contributed by atoms with Crippen molar-refractivity contribution in [3.8, 4) is 0 Å². The number of carbonyl (C=O) groups excluding carboxylic acids is 2. The highest BCUT2D eigenvalue weighted by molar-refractivity contribution is 8.13. The van der Waals surface area contributed by atoms with E-state index < -0.39 is 18.2 Å². The van der Waals surface area contributed by atoms with Crippen LogP contribution in [0.25, 0.3) is 0 Å². The average Bonchev–Trinajstić information content (AvgIpc) is 2.43. The molecule has 0 radical (unpaired) electrons. The summed E-state index contributed by atoms with van der Waals surface area (Å²) in [4.78, 5) is 22.4. The monoisotopic (exact) mass is 298 g/mol. The van der Waals surface area contributed by atoms with E-state index in [2.05, 4.69) is 4.74 Å². The number of ether oxygens (including phenoxy) is 1. The maximum absolute atomic E-state index is 11.6. The number of benzene rings is 1. The number of carbonyl (C=O) groups is 2. The Kier molecular flexibility index (Phi) is 6.19. The molecule has 0 saturated carbocycles. The first kappa shape index (κ1) is 16.7. The molecular formula is C14H18O5S. The zero-order valence-corrected chi connectivity index (χ0v) is 12.4. The quantitative estimate of drug-likeness (QED) is 0.801. The van der Waals surface area contributed by atoms with Gasteiger partial charge in [0, 0.05) is 12.7 Å². The van der Waals surface area contributed by atoms with Crippen LogP contribution < -0.4 is 0 Å². The summed E-state index contributed by atoms with van der Waals surface area (Å²) < 4.78 is 4.66. The molecular weight excluding hydrogens is 280 g/mol. The number of esters is 1. The molecule has 1 rings (SSSR count). The summed E-state index contributed by atoms with van der Waals surface area (Å²) in [5, 5.41) is 19.9. The van der Waals surface area contributed by atoms with Crippen LogP contribution in [0.4, 0.5) is 0 Å². The highest BCUT2D eigenvalue weighted by Crippen LogP contribution is 2.25. The van der Waals surface area contributed by atoms with Crippen molar-refractivity contribution in [3.63, 3.8) is 0 Å². The Hall–Kier alpha value is -1.37. The molecule has 0 amide bonds. The lowest BCUT2D eigenvalue weighted by Crippen LogP contribution is -2.22. The molecule has 20 heavy (non-hydrogen) atoms. The van der Waals surface area contributed by atoms with Crippen LogP contribution in [-0.2, 0) is 9.53 Å². The normalized spacial score (nSPS) is 13.7. The third-order valence-corrected chi connectivity index (χ3v) is 3.84. The third-order valence-electron chi connectivity index (χ3n) is 2.92. The van der Waals surface area contributed by atoms with Gasteiger partial charge in [-0.2, -0.15) is 0 Å². The maximum atomic E-state index is 11.6. The van der Waals surface area contributed by atoms with Crippen molar-refractivity contribution in [2.45, 2.75) is 26.1 Å². The van der Waals surface area contributed by atoms with Gasteiger partial charge in [0.25, 0.3) is 0 Å². The first-order valence-corrected chi connectivity index (χ1v) is 7.04. The molecule has 1 aromatic rings. The fourth-order valence-electron chi connectivity index (χ4n) is 1.81. The van der Waals surface area contributed by atoms with Gasteiger partial charge >= 0.3 is 5.97 Å². The SMILES string of the molecule is COC(=O)c1cccc(C(O)C(O)CSC(C)=O)c1C. The Morgan fingerprint density at radius 2 is 2.00 bits per heavy atom. The van der Waals surface area contributed by atoms with E-state index in [0.29, 0.717) is 16.7 Å². The van der Waals surface area contributed by atoms with Crippen LogP contribution in [0.2, 0.25) is 0 Å². The van der Waals surface area contributed by atoms with Crippen molar-refractivity contribution in [1.29, 1.82) is 0 Å². The fraction of sp³-hybridized carbons (Fsp3) is 0.429. The van der Waals surface area contributed by atoms with Gasteiger partial charge in [-0.05, 0) is 24.1 Å². The van der Waals surface area contributed by atoms with Crippen molar-refractivity contribution in [3.05, 3.63) is 34.9 Å². The first-order chi connectivity index (χ1) is 9.38. The minimum absolute atomic E-state index is 0.0956. The lowest BCUT2D eigenvalue weighted by Gasteiger charge is -2.20. The average molecular weight is 298 g/mol. The van der Waals surface area contributed by atoms with Crippen LogP contribution in [0.5, 0.6) is 0 Å². The number of methoxy groups -OCH3 is 1. The van der Waals surface area contributed by atoms with Gasteiger partial charge in [0.05, 0.1) is 18.8 Å². The molecule has 0 aliphatic carbocycles. The second-order valence-electron chi connectivity index (χ2n) is 4.33. The Balaban J connectivity index is 2.95. The summed E-state index contributed by atoms with van der Waals surface area (Å²) in [6.07, 6.45) is -2.25. The summed E-state index contributed by atoms with van der Waals surface area (Å²) in [5.41, 5.74) is 1.35. The molecule has 2 N–H and O–H groups in total. The zero-order valence-electron chi connectivity index (χ0n) is 11.6. The minimum atomic E-state index is -1.16. The van der Waals surface area contributed by atoms with E-state index in [1.807, 2.05) is 0 Å². The van der Waals surface area contributed by atoms with Crippen molar-refractivity contribution in [1.82, 2.24) is 0 Å². The molecule has 0 aliphatic heterocycles. The topological polar surface area (TPSA) is 83.8 Å². The minimum Gasteiger partial charge on any atom is -0.465 e. The molecule has 0 bridgehead atoms. The number of thioether (sulfide) groups is 1. The van der Waals surface area contributed by atoms with Gasteiger partial charge in [0.2, 0.25) is 0 Å². The summed E-state index contributed by atoms with van der Waals surface area (Å²) in [7, 11) is 1.28. The van der Waals surface area contributed by atoms with Crippen LogP contribution in [0.3, 0.4) is 0 Å². The number of rotatable bonds is 5. The highest BCUT2D eigenvalue weighted by Gasteiger charge is 2.23. The summed E-state index contributed by atoms with van der Waals surface area (Å²) in [6.45, 7) is 3.07. The van der Waals surface area contributed by atoms with Crippen molar-refractivity contribution >= 4 is 22.8 Å². The van der Waals surface area contributed by atoms with E-state index in [9.17, 15) is 19.8 Å². The van der Waals surface area contributed by atoms with Crippen LogP contribution in [0.15, 0.2) is 18.2 Å². The van der Waals surface area contributed by atoms with E-state index >= 15 is 0 Å². The van der Waals surface area contributed by atoms with Gasteiger partial charge < -0.3 is 14.9 Å². The molecule has 2 unspecified atom stereocenters. The lowest BCUT2D eigenvalue weighted by atomic mass is 9.96. The van der Waals surface area contributed by atoms with Crippen molar-refractivity contribution in [2.24, 2.45) is 0 Å². The Labute approximate surface area is 121 Å². The molecule has 0 spiro atoms. The highest BCUT2D eigenvalue weighted by atomic mass is 32.2. The summed E-state index contributed by atoms with van der Waals surface area (Å²) in [5.74, 6) is -0.401. The second kappa shape index (κ2) is 7.42. The third kappa shape index (κ3) is 4.06. The molecule has 0 aromatic heterocycles. The molecule has 110 valence electrons. The van der Waals surface area contributed by atoms with Gasteiger partial charge in [0.1, 0.15) is 6.10 Å². The van der Waals surface area contributed by atoms with Crippen LogP contribution >= 0.6 is 11.8 Å². The molecule has 6 heteroatoms. The zero-order chi connectivity index (χ0) is 15.3. The van der Waals surface area contributed by atoms with E-state index in [4.69, 9.17) is 0 Å². The molecule has 0 aliphatic rings. The predicted octanol–water partition coefficient (Wildman–Crippen LogP) is 1.46. The number of hydrogen-bond donors (Lipinski definition) is 2. The molecule has 0 saturated heterocycles. The van der Waals surface area contributed by atoms with E-state index in [0.717, 1.165) is 11.8 Å². The Morgan fingerprint density at radius 3 is 2.55 bits per heavy atom. The predicted molar refractivity (Wildman–Crippen MR) is 76.6 cm³/mol. The Morgan fingerprint density at radius 1 is 1.35 bits per heavy atom. The smallest absolute Gasteiger partial charge is 0.338 e. The lowest BCUT2D eigenvalue weighted by molar-refractivity contribution is -0.109. The molecule has 0 fully saturated rings. The molecule has 0 heterocycles. The van der Waals surface area contributed by atoms with Crippen LogP contribution in [0, 0.1) is 6.92 Å². The van der Waals surface area contributed by atoms with Gasteiger partial charge in [0.15, 0.2) is 5.12 Å². The van der Waals surface area contributed by atoms with E-state index in [1.54, 1.807) is 25.1 Å². The fourth-order valence-corrected chi connectivity index (χ4v) is 2.39. The maximum Gasteiger partial charge on any atom is 0.338 e. The first-order valence-electron chi connectivity index (χ1n) is 6.05. The molecule has 5 nitrogen and oxygen atoms in total. The van der Waals surface area contributed by atoms with E-state index in [1.165, 1.54) is 14.0 Å². The molecule has 1 aromatic carbocycles. The van der Waals surface area contributed by atoms with Crippen LogP contribution in [0.1, 0.15) is 34.5 Å². The van der Waals surface area contributed by atoms with Crippen molar-refractivity contribution in [2.75, 3.05) is 12.9 Å². The van der Waals surface area contributed by atoms with Gasteiger partial charge in [-0.25, -0.2) is 4.79 Å². The van der Waals surface area contributed by atoms with Crippen LogP contribution in [-0.4, -0.2) is 40.3 Å². The molecule has 2 atom stereocenters. The second-order valence-corrected chi connectivity index (χ2v) is 5.52. The number of hydrogen-bond acceptors (Lipinski definition) is 6. The summed E-state index contributed by atoms with van der Waals surface area (Å²) in [6, 6.07) is 4.84. The summed E-state index contributed by atoms with van der Waals surface area (Å²) >= 11 is 0.943. The number of aliphatic hydroxyl groups excluding tert-OH is 2. The Bertz CT molecular complexity index is 500. The largest absolute Gasteiger partial charge is 0.465 e. The van der Waals surface area contributed by atoms with E-state index in [-0.39, 0.29) is 10.9 Å². The standard InChI is InChI=1S/C14H18O5S/c1-8-10(5-4-6-11(8)14(18)19-3)13(17)12(16)7-20-9(2)15/h4-6,12-13,16-17H,7H2,1-3H3. The van der Waals surface area contributed by atoms with Gasteiger partial charge in [-0.15, -0.1) is 0 Å².